The fourth-order valence-electron chi connectivity index (χ4n) is 2.93. The predicted molar refractivity (Wildman–Crippen MR) is 116 cm³/mol. The summed E-state index contributed by atoms with van der Waals surface area (Å²) in [6, 6.07) is 9.65. The lowest BCUT2D eigenvalue weighted by molar-refractivity contribution is -0.217. The molecule has 2 aromatic rings. The van der Waals surface area contributed by atoms with Crippen LogP contribution in [-0.4, -0.2) is 43.1 Å². The van der Waals surface area contributed by atoms with Crippen molar-refractivity contribution >= 4 is 5.97 Å². The summed E-state index contributed by atoms with van der Waals surface area (Å²) in [5, 5.41) is 0. The topological polar surface area (TPSA) is 57.7 Å². The molecule has 0 amide bonds. The van der Waals surface area contributed by atoms with Crippen molar-refractivity contribution in [2.24, 2.45) is 0 Å². The first-order valence-electron chi connectivity index (χ1n) is 10.9. The summed E-state index contributed by atoms with van der Waals surface area (Å²) in [5.41, 5.74) is 1.39. The number of halogens is 3. The lowest BCUT2D eigenvalue weighted by Crippen LogP contribution is -2.37. The Morgan fingerprint density at radius 2 is 1.72 bits per heavy atom. The zero-order valence-corrected chi connectivity index (χ0v) is 18.5. The van der Waals surface area contributed by atoms with Crippen molar-refractivity contribution in [3.05, 3.63) is 48.2 Å². The van der Waals surface area contributed by atoms with Crippen molar-refractivity contribution in [3.63, 3.8) is 0 Å². The summed E-state index contributed by atoms with van der Waals surface area (Å²) in [6.45, 7) is 3.74. The number of benzene rings is 1. The minimum absolute atomic E-state index is 0.0162. The van der Waals surface area contributed by atoms with Crippen LogP contribution in [0.1, 0.15) is 56.3 Å². The van der Waals surface area contributed by atoms with Gasteiger partial charge in [-0.15, -0.1) is 0 Å². The SMILES string of the molecule is CCCCCCCOc1ccc(-c2ccc(C(=O)OC(COCC)C(F)(F)F)cc2)nc1. The molecule has 0 radical (unpaired) electrons. The third kappa shape index (κ3) is 8.49. The Morgan fingerprint density at radius 3 is 2.31 bits per heavy atom. The van der Waals surface area contributed by atoms with E-state index in [1.165, 1.54) is 31.4 Å². The molecule has 1 aromatic carbocycles. The number of pyridine rings is 1. The maximum Gasteiger partial charge on any atom is 0.427 e. The lowest BCUT2D eigenvalue weighted by atomic mass is 10.1. The molecule has 1 aromatic heterocycles. The molecule has 0 bridgehead atoms. The smallest absolute Gasteiger partial charge is 0.427 e. The molecule has 2 rings (SSSR count). The number of aromatic nitrogens is 1. The Bertz CT molecular complexity index is 807. The standard InChI is InChI=1S/C24H30F3NO4/c1-3-5-6-7-8-15-31-20-13-14-21(28-16-20)18-9-11-19(12-10-18)23(29)32-22(17-30-4-2)24(25,26)27/h9-14,16,22H,3-8,15,17H2,1-2H3. The van der Waals surface area contributed by atoms with E-state index in [0.29, 0.717) is 23.6 Å². The van der Waals surface area contributed by atoms with E-state index in [-0.39, 0.29) is 12.2 Å². The fourth-order valence-corrected chi connectivity index (χ4v) is 2.93. The van der Waals surface area contributed by atoms with Gasteiger partial charge in [-0.1, -0.05) is 44.7 Å². The molecular formula is C24H30F3NO4. The zero-order chi connectivity index (χ0) is 23.4. The number of esters is 1. The molecule has 1 atom stereocenters. The minimum Gasteiger partial charge on any atom is -0.492 e. The highest BCUT2D eigenvalue weighted by Crippen LogP contribution is 2.25. The highest BCUT2D eigenvalue weighted by Gasteiger charge is 2.43. The van der Waals surface area contributed by atoms with Crippen LogP contribution in [0, 0.1) is 0 Å². The molecule has 1 heterocycles. The maximum absolute atomic E-state index is 13.0. The van der Waals surface area contributed by atoms with Gasteiger partial charge < -0.3 is 14.2 Å². The first-order chi connectivity index (χ1) is 15.3. The van der Waals surface area contributed by atoms with Gasteiger partial charge in [0.2, 0.25) is 6.10 Å². The highest BCUT2D eigenvalue weighted by molar-refractivity contribution is 5.90. The van der Waals surface area contributed by atoms with Gasteiger partial charge in [0.05, 0.1) is 30.7 Å². The van der Waals surface area contributed by atoms with E-state index in [1.807, 2.05) is 6.07 Å². The lowest BCUT2D eigenvalue weighted by Gasteiger charge is -2.20. The van der Waals surface area contributed by atoms with E-state index in [4.69, 9.17) is 9.47 Å². The molecule has 0 saturated heterocycles. The third-order valence-corrected chi connectivity index (χ3v) is 4.76. The average molecular weight is 454 g/mol. The van der Waals surface area contributed by atoms with Crippen LogP contribution in [0.5, 0.6) is 5.75 Å². The van der Waals surface area contributed by atoms with Crippen LogP contribution in [0.25, 0.3) is 11.3 Å². The monoisotopic (exact) mass is 453 g/mol. The summed E-state index contributed by atoms with van der Waals surface area (Å²) in [4.78, 5) is 16.5. The molecule has 1 unspecified atom stereocenters. The second kappa shape index (κ2) is 13.1. The van der Waals surface area contributed by atoms with Crippen molar-refractivity contribution in [1.29, 1.82) is 0 Å². The van der Waals surface area contributed by atoms with Crippen molar-refractivity contribution in [1.82, 2.24) is 4.98 Å². The Morgan fingerprint density at radius 1 is 1.00 bits per heavy atom. The van der Waals surface area contributed by atoms with Crippen LogP contribution in [0.2, 0.25) is 0 Å². The summed E-state index contributed by atoms with van der Waals surface area (Å²) >= 11 is 0. The largest absolute Gasteiger partial charge is 0.492 e. The maximum atomic E-state index is 13.0. The highest BCUT2D eigenvalue weighted by atomic mass is 19.4. The Kier molecular flexibility index (Phi) is 10.5. The van der Waals surface area contributed by atoms with Crippen molar-refractivity contribution < 1.29 is 32.2 Å². The van der Waals surface area contributed by atoms with Gasteiger partial charge in [-0.3, -0.25) is 4.98 Å². The number of alkyl halides is 3. The van der Waals surface area contributed by atoms with Gasteiger partial charge in [-0.05, 0) is 37.6 Å². The quantitative estimate of drug-likeness (QED) is 0.266. The fraction of sp³-hybridized carbons (Fsp3) is 0.500. The van der Waals surface area contributed by atoms with E-state index < -0.39 is 24.9 Å². The minimum atomic E-state index is -4.70. The molecule has 0 N–H and O–H groups in total. The number of hydrogen-bond donors (Lipinski definition) is 0. The van der Waals surface area contributed by atoms with E-state index in [0.717, 1.165) is 12.8 Å². The summed E-state index contributed by atoms with van der Waals surface area (Å²) < 4.78 is 54.1. The van der Waals surface area contributed by atoms with Crippen molar-refractivity contribution in [2.75, 3.05) is 19.8 Å². The Labute approximate surface area is 186 Å². The molecule has 0 aliphatic heterocycles. The molecule has 8 heteroatoms. The van der Waals surface area contributed by atoms with Crippen LogP contribution < -0.4 is 4.74 Å². The number of hydrogen-bond acceptors (Lipinski definition) is 5. The molecule has 0 aliphatic carbocycles. The molecule has 0 saturated carbocycles. The van der Waals surface area contributed by atoms with Crippen LogP contribution >= 0.6 is 0 Å². The second-order valence-electron chi connectivity index (χ2n) is 7.31. The van der Waals surface area contributed by atoms with E-state index in [1.54, 1.807) is 31.3 Å². The summed E-state index contributed by atoms with van der Waals surface area (Å²) in [5.74, 6) is -0.383. The number of nitrogens with zero attached hydrogens (tertiary/aromatic N) is 1. The molecule has 176 valence electrons. The Hall–Kier alpha value is -2.61. The Balaban J connectivity index is 1.91. The number of carbonyl (C=O) groups excluding carboxylic acids is 1. The summed E-state index contributed by atoms with van der Waals surface area (Å²) in [6.07, 6.45) is 0.418. The number of ether oxygens (including phenoxy) is 3. The van der Waals surface area contributed by atoms with E-state index in [2.05, 4.69) is 16.6 Å². The summed E-state index contributed by atoms with van der Waals surface area (Å²) in [7, 11) is 0. The van der Waals surface area contributed by atoms with Crippen LogP contribution in [0.4, 0.5) is 13.2 Å². The van der Waals surface area contributed by atoms with Crippen molar-refractivity contribution in [3.8, 4) is 17.0 Å². The van der Waals surface area contributed by atoms with E-state index >= 15 is 0 Å². The van der Waals surface area contributed by atoms with Gasteiger partial charge in [0.25, 0.3) is 0 Å². The normalized spacial score (nSPS) is 12.4. The van der Waals surface area contributed by atoms with Gasteiger partial charge in [-0.25, -0.2) is 4.79 Å². The van der Waals surface area contributed by atoms with Crippen LogP contribution in [0.15, 0.2) is 42.6 Å². The second-order valence-corrected chi connectivity index (χ2v) is 7.31. The van der Waals surface area contributed by atoms with Gasteiger partial charge >= 0.3 is 12.1 Å². The van der Waals surface area contributed by atoms with Gasteiger partial charge in [0.1, 0.15) is 5.75 Å². The number of unbranched alkanes of at least 4 members (excludes halogenated alkanes) is 4. The zero-order valence-electron chi connectivity index (χ0n) is 18.5. The molecule has 0 spiro atoms. The molecule has 5 nitrogen and oxygen atoms in total. The van der Waals surface area contributed by atoms with E-state index in [9.17, 15) is 18.0 Å². The van der Waals surface area contributed by atoms with Crippen LogP contribution in [-0.2, 0) is 9.47 Å². The molecular weight excluding hydrogens is 423 g/mol. The van der Waals surface area contributed by atoms with Crippen molar-refractivity contribution in [2.45, 2.75) is 58.2 Å². The van der Waals surface area contributed by atoms with Gasteiger partial charge in [-0.2, -0.15) is 13.2 Å². The average Bonchev–Trinajstić information content (AvgIpc) is 2.78. The van der Waals surface area contributed by atoms with Gasteiger partial charge in [0.15, 0.2) is 0 Å². The molecule has 0 fully saturated rings. The predicted octanol–water partition coefficient (Wildman–Crippen LogP) is 6.22. The van der Waals surface area contributed by atoms with Gasteiger partial charge in [0, 0.05) is 12.2 Å². The number of carbonyl (C=O) groups is 1. The number of rotatable bonds is 13. The first-order valence-corrected chi connectivity index (χ1v) is 10.9. The third-order valence-electron chi connectivity index (χ3n) is 4.76. The first kappa shape index (κ1) is 25.6. The molecule has 0 aliphatic rings. The van der Waals surface area contributed by atoms with Crippen LogP contribution in [0.3, 0.4) is 0 Å². The molecule has 32 heavy (non-hydrogen) atoms.